The predicted octanol–water partition coefficient (Wildman–Crippen LogP) is 4.72. The highest BCUT2D eigenvalue weighted by Crippen LogP contribution is 2.39. The van der Waals surface area contributed by atoms with Gasteiger partial charge in [0.25, 0.3) is 0 Å². The fraction of sp³-hybridized carbons (Fsp3) is 0.567. The van der Waals surface area contributed by atoms with Crippen molar-refractivity contribution < 1.29 is 14.3 Å². The zero-order valence-corrected chi connectivity index (χ0v) is 22.2. The lowest BCUT2D eigenvalue weighted by Gasteiger charge is -2.34. The molecule has 0 bridgehead atoms. The summed E-state index contributed by atoms with van der Waals surface area (Å²) >= 11 is 0. The van der Waals surface area contributed by atoms with Crippen LogP contribution in [0.15, 0.2) is 42.6 Å². The maximum atomic E-state index is 14.2. The molecule has 4 heterocycles. The van der Waals surface area contributed by atoms with Crippen molar-refractivity contribution in [2.75, 3.05) is 32.7 Å². The third-order valence-electron chi connectivity index (χ3n) is 9.27. The number of carbonyl (C=O) groups is 1. The molecule has 2 saturated heterocycles. The second-order valence-electron chi connectivity index (χ2n) is 11.8. The van der Waals surface area contributed by atoms with Gasteiger partial charge >= 0.3 is 5.97 Å². The number of piperidine rings is 1. The maximum Gasteiger partial charge on any atom is 0.320 e. The number of carboxylic acid groups (broad SMARTS) is 1. The molecule has 3 fully saturated rings. The summed E-state index contributed by atoms with van der Waals surface area (Å²) < 4.78 is 16.2. The Kier molecular flexibility index (Phi) is 7.18. The van der Waals surface area contributed by atoms with Gasteiger partial charge in [-0.3, -0.25) is 9.69 Å². The number of benzene rings is 1. The lowest BCUT2D eigenvalue weighted by atomic mass is 9.80. The summed E-state index contributed by atoms with van der Waals surface area (Å²) in [4.78, 5) is 21.6. The number of aliphatic carboxylic acids is 1. The molecule has 3 aromatic rings. The summed E-state index contributed by atoms with van der Waals surface area (Å²) in [5.41, 5.74) is 4.06. The minimum absolute atomic E-state index is 0.137. The molecule has 1 N–H and O–H groups in total. The van der Waals surface area contributed by atoms with Crippen LogP contribution in [0, 0.1) is 24.6 Å². The molecule has 2 aliphatic heterocycles. The fourth-order valence-electron chi connectivity index (χ4n) is 6.91. The first-order valence-corrected chi connectivity index (χ1v) is 14.2. The Hall–Kier alpha value is -2.84. The van der Waals surface area contributed by atoms with Crippen LogP contribution in [0.3, 0.4) is 0 Å². The van der Waals surface area contributed by atoms with Gasteiger partial charge in [0.15, 0.2) is 5.65 Å². The maximum absolute atomic E-state index is 14.2. The number of hydrogen-bond donors (Lipinski definition) is 1. The Balaban J connectivity index is 1.15. The third kappa shape index (κ3) is 5.21. The van der Waals surface area contributed by atoms with Crippen LogP contribution in [0.5, 0.6) is 0 Å². The molecule has 1 saturated carbocycles. The van der Waals surface area contributed by atoms with Crippen molar-refractivity contribution in [3.63, 3.8) is 0 Å². The van der Waals surface area contributed by atoms with Crippen LogP contribution in [0.2, 0.25) is 0 Å². The van der Waals surface area contributed by atoms with Crippen LogP contribution in [0.4, 0.5) is 4.39 Å². The van der Waals surface area contributed by atoms with Crippen LogP contribution >= 0.6 is 0 Å². The molecule has 2 aromatic heterocycles. The quantitative estimate of drug-likeness (QED) is 0.465. The third-order valence-corrected chi connectivity index (χ3v) is 9.27. The average Bonchev–Trinajstić information content (AvgIpc) is 3.48. The Morgan fingerprint density at radius 3 is 2.66 bits per heavy atom. The average molecular weight is 520 g/mol. The first-order chi connectivity index (χ1) is 18.4. The SMILES string of the molecule is Cc1ccc2ncc(C3CCN(C[C@H]4CN([C@H](CC5CCC5)C(=O)O)C[C@@H]4c4cccc(F)c4)CC3)n2n1. The van der Waals surface area contributed by atoms with Crippen LogP contribution in [0.1, 0.15) is 67.3 Å². The number of imidazole rings is 1. The first-order valence-electron chi connectivity index (χ1n) is 14.2. The van der Waals surface area contributed by atoms with E-state index in [1.54, 1.807) is 12.1 Å². The van der Waals surface area contributed by atoms with Crippen LogP contribution in [0.25, 0.3) is 5.65 Å². The van der Waals surface area contributed by atoms with Gasteiger partial charge in [0, 0.05) is 31.5 Å². The normalized spacial score (nSPS) is 24.6. The van der Waals surface area contributed by atoms with Crippen LogP contribution in [-0.2, 0) is 4.79 Å². The molecule has 202 valence electrons. The molecule has 0 amide bonds. The van der Waals surface area contributed by atoms with E-state index in [0.717, 1.165) is 75.2 Å². The van der Waals surface area contributed by atoms with E-state index in [9.17, 15) is 14.3 Å². The molecule has 1 aliphatic carbocycles. The Morgan fingerprint density at radius 1 is 1.13 bits per heavy atom. The van der Waals surface area contributed by atoms with Gasteiger partial charge in [0.05, 0.1) is 17.6 Å². The van der Waals surface area contributed by atoms with E-state index in [2.05, 4.69) is 19.9 Å². The summed E-state index contributed by atoms with van der Waals surface area (Å²) in [6, 6.07) is 10.5. The number of carboxylic acids is 1. The smallest absolute Gasteiger partial charge is 0.320 e. The molecular formula is C30H38FN5O2. The summed E-state index contributed by atoms with van der Waals surface area (Å²) in [6.07, 6.45) is 8.30. The second-order valence-corrected chi connectivity index (χ2v) is 11.8. The van der Waals surface area contributed by atoms with E-state index in [4.69, 9.17) is 0 Å². The number of hydrogen-bond acceptors (Lipinski definition) is 5. The highest BCUT2D eigenvalue weighted by Gasteiger charge is 2.41. The number of rotatable bonds is 8. The van der Waals surface area contributed by atoms with Gasteiger partial charge in [-0.15, -0.1) is 0 Å². The molecule has 3 atom stereocenters. The van der Waals surface area contributed by atoms with Gasteiger partial charge in [0.1, 0.15) is 11.9 Å². The standard InChI is InChI=1S/C30H38FN5O2/c1-20-8-9-29-32-16-28(36(29)33-20)22-10-12-34(13-11-22)17-24-18-35(27(30(37)38)14-21-4-2-5-21)19-26(24)23-6-3-7-25(31)15-23/h3,6-9,15-16,21-22,24,26-27H,2,4-5,10-14,17-19H2,1H3,(H,37,38)/t24-,26+,27+/m0/s1. The fourth-order valence-corrected chi connectivity index (χ4v) is 6.91. The van der Waals surface area contributed by atoms with E-state index in [0.29, 0.717) is 18.4 Å². The molecule has 0 radical (unpaired) electrons. The van der Waals surface area contributed by atoms with E-state index in [-0.39, 0.29) is 17.7 Å². The number of likely N-dealkylation sites (tertiary alicyclic amines) is 2. The highest BCUT2D eigenvalue weighted by atomic mass is 19.1. The highest BCUT2D eigenvalue weighted by molar-refractivity contribution is 5.73. The van der Waals surface area contributed by atoms with E-state index < -0.39 is 12.0 Å². The van der Waals surface area contributed by atoms with Crippen molar-refractivity contribution in [1.29, 1.82) is 0 Å². The number of halogens is 1. The second kappa shape index (κ2) is 10.7. The lowest BCUT2D eigenvalue weighted by Crippen LogP contribution is -2.43. The van der Waals surface area contributed by atoms with Crippen molar-refractivity contribution in [3.05, 3.63) is 65.4 Å². The molecule has 0 unspecified atom stereocenters. The zero-order chi connectivity index (χ0) is 26.2. The number of aromatic nitrogens is 3. The topological polar surface area (TPSA) is 74.0 Å². The summed E-state index contributed by atoms with van der Waals surface area (Å²) in [5, 5.41) is 14.8. The minimum Gasteiger partial charge on any atom is -0.480 e. The Bertz CT molecular complexity index is 1280. The monoisotopic (exact) mass is 519 g/mol. The molecular weight excluding hydrogens is 481 g/mol. The Labute approximate surface area is 223 Å². The number of fused-ring (bicyclic) bond motifs is 1. The molecule has 3 aliphatic rings. The number of nitrogens with zero attached hydrogens (tertiary/aromatic N) is 5. The van der Waals surface area contributed by atoms with Crippen molar-refractivity contribution in [1.82, 2.24) is 24.4 Å². The Morgan fingerprint density at radius 2 is 1.95 bits per heavy atom. The van der Waals surface area contributed by atoms with Crippen LogP contribution < -0.4 is 0 Å². The van der Waals surface area contributed by atoms with Crippen molar-refractivity contribution in [3.8, 4) is 0 Å². The molecule has 6 rings (SSSR count). The van der Waals surface area contributed by atoms with Crippen molar-refractivity contribution >= 4 is 11.6 Å². The molecule has 0 spiro atoms. The van der Waals surface area contributed by atoms with Gasteiger partial charge in [0.2, 0.25) is 0 Å². The van der Waals surface area contributed by atoms with Gasteiger partial charge in [-0.05, 0) is 80.9 Å². The molecule has 1 aromatic carbocycles. The van der Waals surface area contributed by atoms with Crippen molar-refractivity contribution in [2.45, 2.75) is 63.3 Å². The van der Waals surface area contributed by atoms with Gasteiger partial charge in [-0.1, -0.05) is 31.4 Å². The summed E-state index contributed by atoms with van der Waals surface area (Å²) in [6.45, 7) is 6.32. The van der Waals surface area contributed by atoms with E-state index >= 15 is 0 Å². The van der Waals surface area contributed by atoms with E-state index in [1.165, 1.54) is 18.2 Å². The summed E-state index contributed by atoms with van der Waals surface area (Å²) in [7, 11) is 0. The van der Waals surface area contributed by atoms with Gasteiger partial charge < -0.3 is 10.0 Å². The van der Waals surface area contributed by atoms with Gasteiger partial charge in [-0.25, -0.2) is 13.9 Å². The lowest BCUT2D eigenvalue weighted by molar-refractivity contribution is -0.144. The molecule has 8 heteroatoms. The molecule has 38 heavy (non-hydrogen) atoms. The number of aryl methyl sites for hydroxylation is 1. The van der Waals surface area contributed by atoms with Crippen molar-refractivity contribution in [2.24, 2.45) is 11.8 Å². The largest absolute Gasteiger partial charge is 0.480 e. The first kappa shape index (κ1) is 25.4. The predicted molar refractivity (Wildman–Crippen MR) is 144 cm³/mol. The van der Waals surface area contributed by atoms with Gasteiger partial charge in [-0.2, -0.15) is 5.10 Å². The van der Waals surface area contributed by atoms with Crippen LogP contribution in [-0.4, -0.2) is 74.2 Å². The van der Waals surface area contributed by atoms with E-state index in [1.807, 2.05) is 35.8 Å². The zero-order valence-electron chi connectivity index (χ0n) is 22.2. The molecule has 7 nitrogen and oxygen atoms in total. The minimum atomic E-state index is -0.715. The summed E-state index contributed by atoms with van der Waals surface area (Å²) in [5.74, 6) is 0.428.